The maximum Gasteiger partial charge on any atom is 0.256 e. The second-order valence-electron chi connectivity index (χ2n) is 6.57. The number of anilines is 2. The van der Waals surface area contributed by atoms with Crippen LogP contribution >= 0.6 is 0 Å². The Bertz CT molecular complexity index is 1090. The van der Waals surface area contributed by atoms with Crippen LogP contribution in [0.3, 0.4) is 0 Å². The zero-order chi connectivity index (χ0) is 21.0. The number of hydrogen-bond donors (Lipinski definition) is 2. The van der Waals surface area contributed by atoms with Crippen LogP contribution in [0.2, 0.25) is 0 Å². The number of aryl methyl sites for hydroxylation is 1. The highest BCUT2D eigenvalue weighted by atomic mass is 16.4. The number of hydrogen-bond acceptors (Lipinski definition) is 4. The van der Waals surface area contributed by atoms with E-state index in [0.29, 0.717) is 11.3 Å². The summed E-state index contributed by atoms with van der Waals surface area (Å²) in [5.41, 5.74) is 3.50. The Morgan fingerprint density at radius 2 is 1.38 bits per heavy atom. The number of rotatable bonds is 5. The van der Waals surface area contributed by atoms with Gasteiger partial charge in [0.2, 0.25) is 0 Å². The van der Waals surface area contributed by atoms with Crippen LogP contribution in [0, 0.1) is 13.8 Å². The van der Waals surface area contributed by atoms with Gasteiger partial charge < -0.3 is 20.5 Å². The molecule has 0 unspecified atom stereocenters. The Hall–Kier alpha value is -3.93. The highest BCUT2D eigenvalue weighted by Gasteiger charge is 2.13. The van der Waals surface area contributed by atoms with Crippen molar-refractivity contribution in [3.8, 4) is 0 Å². The van der Waals surface area contributed by atoms with E-state index in [1.165, 1.54) is 18.2 Å². The molecule has 0 saturated carbocycles. The van der Waals surface area contributed by atoms with Crippen molar-refractivity contribution < 1.29 is 19.5 Å². The molecule has 146 valence electrons. The van der Waals surface area contributed by atoms with Gasteiger partial charge in [-0.05, 0) is 61.4 Å². The molecule has 0 aliphatic carbocycles. The second kappa shape index (κ2) is 8.39. The zero-order valence-corrected chi connectivity index (χ0v) is 16.0. The summed E-state index contributed by atoms with van der Waals surface area (Å²) in [5.74, 6) is -2.26. The minimum Gasteiger partial charge on any atom is -0.545 e. The van der Waals surface area contributed by atoms with Gasteiger partial charge in [0.1, 0.15) is 0 Å². The summed E-state index contributed by atoms with van der Waals surface area (Å²) in [6.45, 7) is 3.91. The SMILES string of the molecule is Cc1cccc(NC(=O)c2ccc(NC(=O)c3ccccc3C(=O)[O-])cc2)c1C. The first-order valence-corrected chi connectivity index (χ1v) is 8.96. The third-order valence-corrected chi connectivity index (χ3v) is 4.65. The lowest BCUT2D eigenvalue weighted by molar-refractivity contribution is -0.255. The number of aromatic carboxylic acids is 1. The molecule has 2 amide bonds. The van der Waals surface area contributed by atoms with Crippen molar-refractivity contribution in [3.05, 3.63) is 94.5 Å². The van der Waals surface area contributed by atoms with E-state index in [1.807, 2.05) is 32.0 Å². The van der Waals surface area contributed by atoms with Crippen LogP contribution < -0.4 is 15.7 Å². The first-order chi connectivity index (χ1) is 13.9. The Balaban J connectivity index is 1.72. The lowest BCUT2D eigenvalue weighted by Gasteiger charge is -2.12. The van der Waals surface area contributed by atoms with Gasteiger partial charge >= 0.3 is 0 Å². The van der Waals surface area contributed by atoms with Crippen LogP contribution in [-0.2, 0) is 0 Å². The largest absolute Gasteiger partial charge is 0.545 e. The molecule has 3 rings (SSSR count). The van der Waals surface area contributed by atoms with Crippen molar-refractivity contribution in [3.63, 3.8) is 0 Å². The normalized spacial score (nSPS) is 10.3. The molecule has 29 heavy (non-hydrogen) atoms. The van der Waals surface area contributed by atoms with Gasteiger partial charge in [-0.15, -0.1) is 0 Å². The molecule has 3 aromatic carbocycles. The first-order valence-electron chi connectivity index (χ1n) is 8.96. The van der Waals surface area contributed by atoms with Gasteiger partial charge in [-0.25, -0.2) is 0 Å². The molecule has 6 nitrogen and oxygen atoms in total. The van der Waals surface area contributed by atoms with Crippen LogP contribution in [0.4, 0.5) is 11.4 Å². The molecular formula is C23H19N2O4-. The van der Waals surface area contributed by atoms with E-state index < -0.39 is 11.9 Å². The minimum absolute atomic E-state index is 0.00393. The smallest absolute Gasteiger partial charge is 0.256 e. The Labute approximate surface area is 168 Å². The van der Waals surface area contributed by atoms with Crippen LogP contribution in [0.1, 0.15) is 42.2 Å². The molecule has 0 spiro atoms. The lowest BCUT2D eigenvalue weighted by atomic mass is 10.1. The molecule has 0 aromatic heterocycles. The molecule has 0 saturated heterocycles. The third-order valence-electron chi connectivity index (χ3n) is 4.65. The number of benzene rings is 3. The van der Waals surface area contributed by atoms with E-state index >= 15 is 0 Å². The van der Waals surface area contributed by atoms with Crippen molar-refractivity contribution >= 4 is 29.2 Å². The molecule has 0 fully saturated rings. The van der Waals surface area contributed by atoms with E-state index in [4.69, 9.17) is 0 Å². The van der Waals surface area contributed by atoms with Gasteiger partial charge in [0.15, 0.2) is 0 Å². The fourth-order valence-corrected chi connectivity index (χ4v) is 2.84. The van der Waals surface area contributed by atoms with E-state index in [2.05, 4.69) is 10.6 Å². The number of carboxylic acids is 1. The number of carbonyl (C=O) groups is 3. The zero-order valence-electron chi connectivity index (χ0n) is 16.0. The molecule has 0 radical (unpaired) electrons. The molecule has 3 aromatic rings. The van der Waals surface area contributed by atoms with Crippen LogP contribution in [-0.4, -0.2) is 17.8 Å². The van der Waals surface area contributed by atoms with Crippen molar-refractivity contribution in [1.82, 2.24) is 0 Å². The summed E-state index contributed by atoms with van der Waals surface area (Å²) in [6, 6.07) is 17.8. The Kier molecular flexibility index (Phi) is 5.74. The summed E-state index contributed by atoms with van der Waals surface area (Å²) in [4.78, 5) is 36.0. The topological polar surface area (TPSA) is 98.3 Å². The summed E-state index contributed by atoms with van der Waals surface area (Å²) in [6.07, 6.45) is 0. The average Bonchev–Trinajstić information content (AvgIpc) is 2.71. The quantitative estimate of drug-likeness (QED) is 0.702. The van der Waals surface area contributed by atoms with Gasteiger partial charge in [0.05, 0.1) is 5.97 Å². The predicted octanol–water partition coefficient (Wildman–Crippen LogP) is 3.17. The monoisotopic (exact) mass is 387 g/mol. The standard InChI is InChI=1S/C23H20N2O4/c1-14-6-5-9-20(15(14)2)25-21(26)16-10-12-17(13-11-16)24-22(27)18-7-3-4-8-19(18)23(28)29/h3-13H,1-2H3,(H,24,27)(H,25,26)(H,28,29)/p-1. The fourth-order valence-electron chi connectivity index (χ4n) is 2.84. The molecule has 2 N–H and O–H groups in total. The predicted molar refractivity (Wildman–Crippen MR) is 109 cm³/mol. The highest BCUT2D eigenvalue weighted by Crippen LogP contribution is 2.20. The summed E-state index contributed by atoms with van der Waals surface area (Å²) < 4.78 is 0. The molecule has 0 heterocycles. The fraction of sp³-hybridized carbons (Fsp3) is 0.0870. The van der Waals surface area contributed by atoms with E-state index in [-0.39, 0.29) is 17.0 Å². The van der Waals surface area contributed by atoms with Gasteiger partial charge in [-0.2, -0.15) is 0 Å². The van der Waals surface area contributed by atoms with Crippen molar-refractivity contribution in [2.45, 2.75) is 13.8 Å². The molecule has 6 heteroatoms. The first kappa shape index (κ1) is 19.8. The maximum atomic E-state index is 12.5. The molecule has 0 atom stereocenters. The number of carbonyl (C=O) groups excluding carboxylic acids is 3. The highest BCUT2D eigenvalue weighted by molar-refractivity contribution is 6.10. The number of amides is 2. The number of nitrogens with one attached hydrogen (secondary N) is 2. The van der Waals surface area contributed by atoms with E-state index in [0.717, 1.165) is 16.8 Å². The minimum atomic E-state index is -1.42. The van der Waals surface area contributed by atoms with Crippen molar-refractivity contribution in [1.29, 1.82) is 0 Å². The van der Waals surface area contributed by atoms with Crippen LogP contribution in [0.15, 0.2) is 66.7 Å². The van der Waals surface area contributed by atoms with E-state index in [9.17, 15) is 19.5 Å². The third kappa shape index (κ3) is 4.50. The van der Waals surface area contributed by atoms with E-state index in [1.54, 1.807) is 30.3 Å². The van der Waals surface area contributed by atoms with Gasteiger partial charge in [0.25, 0.3) is 11.8 Å². The van der Waals surface area contributed by atoms with Gasteiger partial charge in [0, 0.05) is 28.1 Å². The molecule has 0 bridgehead atoms. The van der Waals surface area contributed by atoms with Crippen LogP contribution in [0.5, 0.6) is 0 Å². The maximum absolute atomic E-state index is 12.5. The Morgan fingerprint density at radius 1 is 0.724 bits per heavy atom. The molecule has 0 aliphatic rings. The number of carboxylic acid groups (broad SMARTS) is 1. The van der Waals surface area contributed by atoms with Crippen LogP contribution in [0.25, 0.3) is 0 Å². The average molecular weight is 387 g/mol. The van der Waals surface area contributed by atoms with Gasteiger partial charge in [-0.1, -0.05) is 30.3 Å². The summed E-state index contributed by atoms with van der Waals surface area (Å²) >= 11 is 0. The Morgan fingerprint density at radius 3 is 2.03 bits per heavy atom. The molecule has 0 aliphatic heterocycles. The summed E-state index contributed by atoms with van der Waals surface area (Å²) in [7, 11) is 0. The summed E-state index contributed by atoms with van der Waals surface area (Å²) in [5, 5.41) is 16.7. The second-order valence-corrected chi connectivity index (χ2v) is 6.57. The van der Waals surface area contributed by atoms with Gasteiger partial charge in [-0.3, -0.25) is 9.59 Å². The van der Waals surface area contributed by atoms with Crippen molar-refractivity contribution in [2.24, 2.45) is 0 Å². The lowest BCUT2D eigenvalue weighted by Crippen LogP contribution is -2.26. The van der Waals surface area contributed by atoms with Crippen molar-refractivity contribution in [2.75, 3.05) is 10.6 Å². The molecular weight excluding hydrogens is 368 g/mol.